The van der Waals surface area contributed by atoms with Crippen LogP contribution in [0.5, 0.6) is 11.5 Å². The maximum absolute atomic E-state index is 12.2. The van der Waals surface area contributed by atoms with Crippen LogP contribution in [0.1, 0.15) is 41.2 Å². The van der Waals surface area contributed by atoms with Crippen LogP contribution in [0.2, 0.25) is 0 Å². The van der Waals surface area contributed by atoms with E-state index in [1.54, 1.807) is 25.1 Å². The Morgan fingerprint density at radius 1 is 1.13 bits per heavy atom. The average molecular weight is 319 g/mol. The number of hydrogen-bond acceptors (Lipinski definition) is 6. The van der Waals surface area contributed by atoms with E-state index in [0.717, 1.165) is 11.3 Å². The molecule has 0 aliphatic rings. The normalized spacial score (nSPS) is 10.4. The van der Waals surface area contributed by atoms with E-state index in [0.29, 0.717) is 36.0 Å². The summed E-state index contributed by atoms with van der Waals surface area (Å²) in [5.74, 6) is 1.35. The Kier molecular flexibility index (Phi) is 5.62. The molecule has 0 bridgehead atoms. The van der Waals surface area contributed by atoms with Crippen LogP contribution >= 0.6 is 0 Å². The Hall–Kier alpha value is -2.50. The minimum Gasteiger partial charge on any atom is -0.490 e. The Balaban J connectivity index is 2.11. The molecule has 6 nitrogen and oxygen atoms in total. The summed E-state index contributed by atoms with van der Waals surface area (Å²) in [5, 5.41) is 3.83. The van der Waals surface area contributed by atoms with Crippen LogP contribution in [0, 0.1) is 13.8 Å². The lowest BCUT2D eigenvalue weighted by Crippen LogP contribution is -2.07. The van der Waals surface area contributed by atoms with Gasteiger partial charge in [-0.3, -0.25) is 0 Å². The van der Waals surface area contributed by atoms with Gasteiger partial charge in [0.25, 0.3) is 0 Å². The summed E-state index contributed by atoms with van der Waals surface area (Å²) in [4.78, 5) is 12.2. The predicted octanol–water partition coefficient (Wildman–Crippen LogP) is 3.45. The molecule has 0 radical (unpaired) electrons. The number of nitrogens with zero attached hydrogens (tertiary/aromatic N) is 1. The molecule has 0 N–H and O–H groups in total. The van der Waals surface area contributed by atoms with Gasteiger partial charge in [0, 0.05) is 0 Å². The second kappa shape index (κ2) is 7.67. The van der Waals surface area contributed by atoms with Gasteiger partial charge in [-0.2, -0.15) is 0 Å². The summed E-state index contributed by atoms with van der Waals surface area (Å²) in [6.45, 7) is 8.49. The number of ether oxygens (including phenoxy) is 3. The molecule has 0 fully saturated rings. The van der Waals surface area contributed by atoms with Gasteiger partial charge in [-0.1, -0.05) is 5.16 Å². The number of esters is 1. The highest BCUT2D eigenvalue weighted by Crippen LogP contribution is 2.29. The molecule has 0 unspecified atom stereocenters. The summed E-state index contributed by atoms with van der Waals surface area (Å²) in [5.41, 5.74) is 1.91. The molecule has 0 saturated carbocycles. The molecule has 2 rings (SSSR count). The molecule has 1 aromatic carbocycles. The number of aryl methyl sites for hydroxylation is 2. The topological polar surface area (TPSA) is 70.8 Å². The van der Waals surface area contributed by atoms with E-state index in [2.05, 4.69) is 5.16 Å². The van der Waals surface area contributed by atoms with E-state index in [4.69, 9.17) is 18.7 Å². The summed E-state index contributed by atoms with van der Waals surface area (Å²) in [7, 11) is 0. The van der Waals surface area contributed by atoms with Gasteiger partial charge >= 0.3 is 5.97 Å². The van der Waals surface area contributed by atoms with Crippen molar-refractivity contribution in [3.8, 4) is 11.5 Å². The Bertz CT molecular complexity index is 658. The molecule has 0 aliphatic heterocycles. The third-order valence-electron chi connectivity index (χ3n) is 3.31. The first-order valence-electron chi connectivity index (χ1n) is 7.55. The van der Waals surface area contributed by atoms with E-state index >= 15 is 0 Å². The van der Waals surface area contributed by atoms with Crippen LogP contribution in [0.3, 0.4) is 0 Å². The Morgan fingerprint density at radius 3 is 2.43 bits per heavy atom. The van der Waals surface area contributed by atoms with Crippen molar-refractivity contribution in [3.63, 3.8) is 0 Å². The van der Waals surface area contributed by atoms with Crippen LogP contribution in [0.4, 0.5) is 0 Å². The zero-order valence-corrected chi connectivity index (χ0v) is 13.8. The van der Waals surface area contributed by atoms with Crippen molar-refractivity contribution in [2.45, 2.75) is 34.3 Å². The van der Waals surface area contributed by atoms with Crippen LogP contribution in [-0.4, -0.2) is 24.3 Å². The van der Waals surface area contributed by atoms with Crippen molar-refractivity contribution in [1.82, 2.24) is 5.16 Å². The second-order valence-corrected chi connectivity index (χ2v) is 4.91. The van der Waals surface area contributed by atoms with Crippen LogP contribution < -0.4 is 9.47 Å². The zero-order valence-electron chi connectivity index (χ0n) is 13.8. The van der Waals surface area contributed by atoms with Crippen molar-refractivity contribution in [3.05, 3.63) is 40.8 Å². The lowest BCUT2D eigenvalue weighted by atomic mass is 10.2. The number of hydrogen-bond donors (Lipinski definition) is 0. The monoisotopic (exact) mass is 319 g/mol. The van der Waals surface area contributed by atoms with Crippen molar-refractivity contribution in [1.29, 1.82) is 0 Å². The Morgan fingerprint density at radius 2 is 1.83 bits per heavy atom. The van der Waals surface area contributed by atoms with Crippen LogP contribution in [0.15, 0.2) is 22.7 Å². The molecular weight excluding hydrogens is 298 g/mol. The van der Waals surface area contributed by atoms with Gasteiger partial charge in [0.05, 0.1) is 30.0 Å². The molecular formula is C17H21NO5. The lowest BCUT2D eigenvalue weighted by molar-refractivity contribution is 0.0470. The van der Waals surface area contributed by atoms with Gasteiger partial charge in [-0.05, 0) is 45.9 Å². The highest BCUT2D eigenvalue weighted by molar-refractivity contribution is 5.90. The maximum Gasteiger partial charge on any atom is 0.338 e. The second-order valence-electron chi connectivity index (χ2n) is 4.91. The maximum atomic E-state index is 12.2. The van der Waals surface area contributed by atoms with E-state index in [1.807, 2.05) is 20.8 Å². The van der Waals surface area contributed by atoms with Crippen LogP contribution in [-0.2, 0) is 11.3 Å². The molecule has 0 atom stereocenters. The number of benzene rings is 1. The minimum atomic E-state index is -0.436. The van der Waals surface area contributed by atoms with E-state index in [1.165, 1.54) is 0 Å². The predicted molar refractivity (Wildman–Crippen MR) is 83.9 cm³/mol. The lowest BCUT2D eigenvalue weighted by Gasteiger charge is -2.12. The van der Waals surface area contributed by atoms with Gasteiger partial charge in [0.2, 0.25) is 0 Å². The van der Waals surface area contributed by atoms with E-state index in [-0.39, 0.29) is 6.61 Å². The molecule has 6 heteroatoms. The summed E-state index contributed by atoms with van der Waals surface area (Å²) >= 11 is 0. The number of rotatable bonds is 7. The standard InChI is InChI=1S/C17H21NO5/c1-5-20-15-8-7-13(9-16(15)21-6-2)17(19)22-10-14-11(3)18-23-12(14)4/h7-9H,5-6,10H2,1-4H3. The van der Waals surface area contributed by atoms with Gasteiger partial charge in [0.1, 0.15) is 12.4 Å². The molecule has 124 valence electrons. The van der Waals surface area contributed by atoms with Crippen molar-refractivity contribution >= 4 is 5.97 Å². The molecule has 0 spiro atoms. The fourth-order valence-corrected chi connectivity index (χ4v) is 2.11. The van der Waals surface area contributed by atoms with Crippen molar-refractivity contribution in [2.24, 2.45) is 0 Å². The number of carbonyl (C=O) groups excluding carboxylic acids is 1. The summed E-state index contributed by atoms with van der Waals surface area (Å²) in [6, 6.07) is 4.99. The fraction of sp³-hybridized carbons (Fsp3) is 0.412. The summed E-state index contributed by atoms with van der Waals surface area (Å²) in [6.07, 6.45) is 0. The van der Waals surface area contributed by atoms with E-state index < -0.39 is 5.97 Å². The van der Waals surface area contributed by atoms with Crippen molar-refractivity contribution in [2.75, 3.05) is 13.2 Å². The van der Waals surface area contributed by atoms with Gasteiger partial charge in [-0.15, -0.1) is 0 Å². The molecule has 0 saturated heterocycles. The number of carbonyl (C=O) groups is 1. The van der Waals surface area contributed by atoms with Crippen molar-refractivity contribution < 1.29 is 23.5 Å². The molecule has 1 aromatic heterocycles. The number of aromatic nitrogens is 1. The zero-order chi connectivity index (χ0) is 16.8. The molecule has 0 aliphatic carbocycles. The first-order valence-corrected chi connectivity index (χ1v) is 7.55. The minimum absolute atomic E-state index is 0.122. The quantitative estimate of drug-likeness (QED) is 0.728. The molecule has 23 heavy (non-hydrogen) atoms. The Labute approximate surface area is 135 Å². The highest BCUT2D eigenvalue weighted by Gasteiger charge is 2.15. The SMILES string of the molecule is CCOc1ccc(C(=O)OCc2c(C)noc2C)cc1OCC. The molecule has 2 aromatic rings. The average Bonchev–Trinajstić information content (AvgIpc) is 2.86. The smallest absolute Gasteiger partial charge is 0.338 e. The van der Waals surface area contributed by atoms with Gasteiger partial charge in [0.15, 0.2) is 11.5 Å². The van der Waals surface area contributed by atoms with Gasteiger partial charge < -0.3 is 18.7 Å². The third kappa shape index (κ3) is 4.03. The van der Waals surface area contributed by atoms with Gasteiger partial charge in [-0.25, -0.2) is 4.79 Å². The van der Waals surface area contributed by atoms with Crippen LogP contribution in [0.25, 0.3) is 0 Å². The molecule has 0 amide bonds. The molecule has 1 heterocycles. The third-order valence-corrected chi connectivity index (χ3v) is 3.31. The van der Waals surface area contributed by atoms with E-state index in [9.17, 15) is 4.79 Å². The first kappa shape index (κ1) is 16.9. The largest absolute Gasteiger partial charge is 0.490 e. The highest BCUT2D eigenvalue weighted by atomic mass is 16.5. The first-order chi connectivity index (χ1) is 11.1. The summed E-state index contributed by atoms with van der Waals surface area (Å²) < 4.78 is 21.4. The fourth-order valence-electron chi connectivity index (χ4n) is 2.11.